The highest BCUT2D eigenvalue weighted by Crippen LogP contribution is 2.23. The Kier molecular flexibility index (Phi) is 7.84. The second-order valence-electron chi connectivity index (χ2n) is 9.04. The second kappa shape index (κ2) is 11.2. The predicted octanol–water partition coefficient (Wildman–Crippen LogP) is 3.07. The van der Waals surface area contributed by atoms with E-state index in [0.29, 0.717) is 37.4 Å². The molecule has 1 aliphatic heterocycles. The molecular formula is C28H30N4O4. The minimum absolute atomic E-state index is 0.125. The highest BCUT2D eigenvalue weighted by molar-refractivity contribution is 5.95. The lowest BCUT2D eigenvalue weighted by molar-refractivity contribution is -0.135. The van der Waals surface area contributed by atoms with E-state index in [-0.39, 0.29) is 11.9 Å². The summed E-state index contributed by atoms with van der Waals surface area (Å²) in [7, 11) is 0. The number of pyridine rings is 1. The number of rotatable bonds is 7. The molecule has 1 fully saturated rings. The Morgan fingerprint density at radius 1 is 1.25 bits per heavy atom. The van der Waals surface area contributed by atoms with Gasteiger partial charge in [-0.2, -0.15) is 0 Å². The molecule has 0 bridgehead atoms. The first-order chi connectivity index (χ1) is 17.4. The van der Waals surface area contributed by atoms with Crippen LogP contribution in [0.1, 0.15) is 35.0 Å². The third kappa shape index (κ3) is 5.65. The van der Waals surface area contributed by atoms with E-state index < -0.39 is 17.9 Å². The lowest BCUT2D eigenvalue weighted by Gasteiger charge is -2.39. The maximum atomic E-state index is 13.0. The molecule has 2 heterocycles. The third-order valence-electron chi connectivity index (χ3n) is 6.64. The fraction of sp³-hybridized carbons (Fsp3) is 0.321. The van der Waals surface area contributed by atoms with E-state index in [0.717, 1.165) is 22.2 Å². The van der Waals surface area contributed by atoms with Gasteiger partial charge in [-0.25, -0.2) is 5.48 Å². The van der Waals surface area contributed by atoms with E-state index in [1.165, 1.54) is 0 Å². The van der Waals surface area contributed by atoms with Crippen molar-refractivity contribution in [2.45, 2.75) is 39.0 Å². The molecule has 2 aromatic carbocycles. The van der Waals surface area contributed by atoms with Crippen molar-refractivity contribution >= 4 is 22.7 Å². The number of ether oxygens (including phenoxy) is 1. The van der Waals surface area contributed by atoms with E-state index >= 15 is 0 Å². The van der Waals surface area contributed by atoms with Gasteiger partial charge in [-0.15, -0.1) is 6.42 Å². The summed E-state index contributed by atoms with van der Waals surface area (Å²) in [5.41, 5.74) is 5.04. The zero-order valence-corrected chi connectivity index (χ0v) is 20.4. The first-order valence-corrected chi connectivity index (χ1v) is 11.9. The average molecular weight is 487 g/mol. The molecule has 8 heteroatoms. The highest BCUT2D eigenvalue weighted by Gasteiger charge is 2.36. The number of aryl methyl sites for hydroxylation is 1. The smallest absolute Gasteiger partial charge is 0.251 e. The van der Waals surface area contributed by atoms with Crippen LogP contribution in [0.15, 0.2) is 54.6 Å². The number of piperidine rings is 1. The largest absolute Gasteiger partial charge is 0.489 e. The van der Waals surface area contributed by atoms with Crippen molar-refractivity contribution in [2.24, 2.45) is 5.92 Å². The molecule has 0 spiro atoms. The highest BCUT2D eigenvalue weighted by atomic mass is 16.5. The maximum absolute atomic E-state index is 13.0. The van der Waals surface area contributed by atoms with Gasteiger partial charge in [-0.3, -0.25) is 24.7 Å². The molecule has 1 aliphatic rings. The monoisotopic (exact) mass is 486 g/mol. The van der Waals surface area contributed by atoms with Crippen molar-refractivity contribution in [1.82, 2.24) is 20.7 Å². The summed E-state index contributed by atoms with van der Waals surface area (Å²) in [6, 6.07) is 16.2. The van der Waals surface area contributed by atoms with Crippen molar-refractivity contribution in [3.8, 4) is 18.1 Å². The molecule has 4 rings (SSSR count). The van der Waals surface area contributed by atoms with Crippen LogP contribution in [-0.4, -0.2) is 52.1 Å². The van der Waals surface area contributed by atoms with Gasteiger partial charge >= 0.3 is 0 Å². The Morgan fingerprint density at radius 3 is 2.72 bits per heavy atom. The Bertz CT molecular complexity index is 1280. The average Bonchev–Trinajstić information content (AvgIpc) is 2.90. The van der Waals surface area contributed by atoms with Crippen LogP contribution >= 0.6 is 0 Å². The van der Waals surface area contributed by atoms with Crippen LogP contribution < -0.4 is 15.5 Å². The van der Waals surface area contributed by atoms with Crippen LogP contribution in [0.2, 0.25) is 0 Å². The molecule has 36 heavy (non-hydrogen) atoms. The molecule has 186 valence electrons. The molecule has 3 N–H and O–H groups in total. The van der Waals surface area contributed by atoms with Gasteiger partial charge in [0.15, 0.2) is 0 Å². The molecule has 0 radical (unpaired) electrons. The van der Waals surface area contributed by atoms with Gasteiger partial charge in [0.1, 0.15) is 12.4 Å². The number of likely N-dealkylation sites (tertiary alicyclic amines) is 1. The van der Waals surface area contributed by atoms with E-state index in [2.05, 4.69) is 16.2 Å². The number of terminal acetylenes is 1. The van der Waals surface area contributed by atoms with Crippen molar-refractivity contribution in [3.05, 3.63) is 71.4 Å². The number of amides is 2. The second-order valence-corrected chi connectivity index (χ2v) is 9.04. The summed E-state index contributed by atoms with van der Waals surface area (Å²) >= 11 is 0. The SMILES string of the molecule is C#CC(C)N1CC[C@H](C(=O)NO)[C@H](NC(=O)c2ccc(OCc3cc(C)nc4ccccc34)cc2)C1. The van der Waals surface area contributed by atoms with Crippen LogP contribution in [0.25, 0.3) is 10.9 Å². The van der Waals surface area contributed by atoms with Crippen LogP contribution in [0, 0.1) is 25.2 Å². The zero-order valence-electron chi connectivity index (χ0n) is 20.4. The zero-order chi connectivity index (χ0) is 25.7. The first kappa shape index (κ1) is 25.2. The molecule has 3 aromatic rings. The number of nitrogens with one attached hydrogen (secondary N) is 2. The van der Waals surface area contributed by atoms with Crippen molar-refractivity contribution < 1.29 is 19.5 Å². The molecule has 1 saturated heterocycles. The van der Waals surface area contributed by atoms with E-state index in [4.69, 9.17) is 16.4 Å². The lowest BCUT2D eigenvalue weighted by Crippen LogP contribution is -2.57. The molecule has 1 unspecified atom stereocenters. The van der Waals surface area contributed by atoms with Crippen molar-refractivity contribution in [2.75, 3.05) is 13.1 Å². The number of hydrogen-bond donors (Lipinski definition) is 3. The molecule has 8 nitrogen and oxygen atoms in total. The minimum Gasteiger partial charge on any atom is -0.489 e. The number of fused-ring (bicyclic) bond motifs is 1. The fourth-order valence-corrected chi connectivity index (χ4v) is 4.61. The summed E-state index contributed by atoms with van der Waals surface area (Å²) < 4.78 is 5.99. The molecule has 2 amide bonds. The van der Waals surface area contributed by atoms with E-state index in [1.54, 1.807) is 29.7 Å². The van der Waals surface area contributed by atoms with Gasteiger partial charge in [0.2, 0.25) is 5.91 Å². The Hall–Kier alpha value is -3.93. The number of carbonyl (C=O) groups excluding carboxylic acids is 2. The third-order valence-corrected chi connectivity index (χ3v) is 6.64. The number of hydroxylamine groups is 1. The van der Waals surface area contributed by atoms with Gasteiger partial charge < -0.3 is 10.1 Å². The predicted molar refractivity (Wildman–Crippen MR) is 136 cm³/mol. The number of benzene rings is 2. The first-order valence-electron chi connectivity index (χ1n) is 11.9. The number of carbonyl (C=O) groups is 2. The number of nitrogens with zero attached hydrogens (tertiary/aromatic N) is 2. The van der Waals surface area contributed by atoms with Crippen LogP contribution in [0.3, 0.4) is 0 Å². The van der Waals surface area contributed by atoms with Gasteiger partial charge in [0.25, 0.3) is 5.91 Å². The molecule has 1 aromatic heterocycles. The Labute approximate surface area is 210 Å². The topological polar surface area (TPSA) is 104 Å². The fourth-order valence-electron chi connectivity index (χ4n) is 4.61. The van der Waals surface area contributed by atoms with Gasteiger partial charge in [0.05, 0.1) is 23.5 Å². The van der Waals surface area contributed by atoms with Crippen LogP contribution in [0.4, 0.5) is 0 Å². The molecular weight excluding hydrogens is 456 g/mol. The Balaban J connectivity index is 1.42. The van der Waals surface area contributed by atoms with E-state index in [1.807, 2.05) is 49.1 Å². The summed E-state index contributed by atoms with van der Waals surface area (Å²) in [6.45, 7) is 5.25. The number of aromatic nitrogens is 1. The summed E-state index contributed by atoms with van der Waals surface area (Å²) in [5, 5.41) is 13.1. The lowest BCUT2D eigenvalue weighted by atomic mass is 9.89. The summed E-state index contributed by atoms with van der Waals surface area (Å²) in [4.78, 5) is 31.8. The van der Waals surface area contributed by atoms with Gasteiger partial charge in [-0.1, -0.05) is 24.1 Å². The summed E-state index contributed by atoms with van der Waals surface area (Å²) in [5.74, 6) is 1.94. The van der Waals surface area contributed by atoms with Crippen molar-refractivity contribution in [1.29, 1.82) is 0 Å². The summed E-state index contributed by atoms with van der Waals surface area (Å²) in [6.07, 6.45) is 6.03. The van der Waals surface area contributed by atoms with Crippen molar-refractivity contribution in [3.63, 3.8) is 0 Å². The quantitative estimate of drug-likeness (QED) is 0.269. The molecule has 3 atom stereocenters. The van der Waals surface area contributed by atoms with Crippen LogP contribution in [-0.2, 0) is 11.4 Å². The normalized spacial score (nSPS) is 18.7. The maximum Gasteiger partial charge on any atom is 0.251 e. The number of hydrogen-bond acceptors (Lipinski definition) is 6. The van der Waals surface area contributed by atoms with Crippen LogP contribution in [0.5, 0.6) is 5.75 Å². The van der Waals surface area contributed by atoms with Gasteiger partial charge in [-0.05, 0) is 56.7 Å². The van der Waals surface area contributed by atoms with E-state index in [9.17, 15) is 9.59 Å². The van der Waals surface area contributed by atoms with Gasteiger partial charge in [0, 0.05) is 35.3 Å². The number of para-hydroxylation sites is 1. The molecule has 0 aliphatic carbocycles. The standard InChI is InChI=1S/C28H30N4O4/c1-4-19(3)32-14-13-24(28(34)31-35)26(16-32)30-27(33)20-9-11-22(12-10-20)36-17-21-15-18(2)29-25-8-6-5-7-23(21)25/h1,5-12,15,19,24,26,35H,13-14,16-17H2,2-3H3,(H,30,33)(H,31,34)/t19?,24-,26+/m0/s1. The molecule has 0 saturated carbocycles. The minimum atomic E-state index is -0.554. The Morgan fingerprint density at radius 2 is 2.00 bits per heavy atom.